The van der Waals surface area contributed by atoms with Crippen LogP contribution in [0.3, 0.4) is 0 Å². The van der Waals surface area contributed by atoms with E-state index in [-0.39, 0.29) is 47.7 Å². The molecule has 0 aliphatic heterocycles. The topological polar surface area (TPSA) is 191 Å². The van der Waals surface area contributed by atoms with Crippen LogP contribution in [0.5, 0.6) is 11.5 Å². The molecule has 0 aromatic heterocycles. The number of rotatable bonds is 4. The highest BCUT2D eigenvalue weighted by molar-refractivity contribution is 6.27. The Balaban J connectivity index is 0.00000387. The van der Waals surface area contributed by atoms with Crippen molar-refractivity contribution >= 4 is 52.1 Å². The van der Waals surface area contributed by atoms with E-state index in [0.717, 1.165) is 0 Å². The number of aryl methyl sites for hydroxylation is 2. The third-order valence-electron chi connectivity index (χ3n) is 8.08. The summed E-state index contributed by atoms with van der Waals surface area (Å²) in [6.45, 7) is 4.77. The van der Waals surface area contributed by atoms with Crippen LogP contribution < -0.4 is 5.73 Å². The predicted molar refractivity (Wildman–Crippen MR) is 154 cm³/mol. The van der Waals surface area contributed by atoms with Gasteiger partial charge in [0, 0.05) is 5.92 Å². The molecule has 10 nitrogen and oxygen atoms in total. The van der Waals surface area contributed by atoms with Crippen molar-refractivity contribution in [3.63, 3.8) is 0 Å². The molecule has 0 saturated carbocycles. The van der Waals surface area contributed by atoms with Crippen molar-refractivity contribution < 1.29 is 39.9 Å². The molecule has 41 heavy (non-hydrogen) atoms. The highest BCUT2D eigenvalue weighted by Gasteiger charge is 2.60. The highest BCUT2D eigenvalue weighted by Crippen LogP contribution is 2.50. The number of carbonyl (C=O) groups is 3. The number of halogens is 1. The zero-order valence-corrected chi connectivity index (χ0v) is 23.2. The van der Waals surface area contributed by atoms with Gasteiger partial charge in [-0.15, -0.1) is 12.4 Å². The van der Waals surface area contributed by atoms with Gasteiger partial charge in [0.2, 0.25) is 5.78 Å². The Morgan fingerprint density at radius 1 is 1.05 bits per heavy atom. The quantitative estimate of drug-likeness (QED) is 0.251. The number of carbonyl (C=O) groups excluding carboxylic acids is 2. The lowest BCUT2D eigenvalue weighted by Gasteiger charge is -2.45. The molecule has 0 amide bonds. The average Bonchev–Trinajstić information content (AvgIpc) is 2.90. The van der Waals surface area contributed by atoms with Gasteiger partial charge in [0.15, 0.2) is 11.4 Å². The summed E-state index contributed by atoms with van der Waals surface area (Å²) in [7, 11) is 0. The van der Waals surface area contributed by atoms with Gasteiger partial charge in [0.05, 0.1) is 40.4 Å². The number of ketones is 2. The van der Waals surface area contributed by atoms with Crippen LogP contribution in [0.4, 0.5) is 5.69 Å². The number of nitrogens with zero attached hydrogens (tertiary/aromatic N) is 1. The van der Waals surface area contributed by atoms with E-state index in [1.807, 2.05) is 0 Å². The summed E-state index contributed by atoms with van der Waals surface area (Å²) in [4.78, 5) is 42.6. The van der Waals surface area contributed by atoms with Gasteiger partial charge >= 0.3 is 5.97 Å². The van der Waals surface area contributed by atoms with Crippen molar-refractivity contribution in [2.24, 2.45) is 16.6 Å². The number of phenolic OH excluding ortho intramolecular Hbond substituents is 2. The van der Waals surface area contributed by atoms with Crippen LogP contribution in [0.1, 0.15) is 39.5 Å². The van der Waals surface area contributed by atoms with Gasteiger partial charge in [0.25, 0.3) is 0 Å². The normalized spacial score (nSPS) is 22.3. The molecule has 11 heteroatoms. The average molecular weight is 581 g/mol. The Morgan fingerprint density at radius 2 is 1.68 bits per heavy atom. The molecule has 0 bridgehead atoms. The molecule has 0 radical (unpaired) electrons. The molecule has 0 fully saturated rings. The van der Waals surface area contributed by atoms with Gasteiger partial charge in [-0.25, -0.2) is 0 Å². The molecule has 0 saturated heterocycles. The Bertz CT molecular complexity index is 1710. The van der Waals surface area contributed by atoms with E-state index < -0.39 is 52.2 Å². The van der Waals surface area contributed by atoms with Gasteiger partial charge in [-0.05, 0) is 67.0 Å². The number of aliphatic hydroxyl groups is 2. The molecule has 7 N–H and O–H groups in total. The van der Waals surface area contributed by atoms with Crippen LogP contribution in [-0.2, 0) is 22.4 Å². The Labute approximate surface area is 240 Å². The largest absolute Gasteiger partial charge is 0.508 e. The van der Waals surface area contributed by atoms with Gasteiger partial charge in [-0.2, -0.15) is 0 Å². The minimum absolute atomic E-state index is 0. The van der Waals surface area contributed by atoms with Gasteiger partial charge < -0.3 is 31.3 Å². The van der Waals surface area contributed by atoms with Crippen LogP contribution in [0.2, 0.25) is 0 Å². The van der Waals surface area contributed by atoms with E-state index >= 15 is 0 Å². The molecular formula is C30H29ClN2O8. The summed E-state index contributed by atoms with van der Waals surface area (Å²) in [6.07, 6.45) is -0.272. The molecule has 2 aliphatic carbocycles. The molecule has 3 aromatic rings. The number of hydrogen-bond acceptors (Lipinski definition) is 9. The molecule has 2 aliphatic rings. The third-order valence-corrected chi connectivity index (χ3v) is 8.08. The first kappa shape index (κ1) is 29.7. The van der Waals surface area contributed by atoms with Crippen LogP contribution in [0.15, 0.2) is 52.7 Å². The number of fused-ring (bicyclic) bond motifs is 3. The first-order chi connectivity index (χ1) is 18.8. The molecular weight excluding hydrogens is 552 g/mol. The lowest BCUT2D eigenvalue weighted by molar-refractivity contribution is -0.136. The zero-order valence-electron chi connectivity index (χ0n) is 22.4. The Kier molecular flexibility index (Phi) is 7.47. The fraction of sp³-hybridized carbons (Fsp3) is 0.267. The Hall–Kier alpha value is -4.25. The summed E-state index contributed by atoms with van der Waals surface area (Å²) in [6, 6.07) is 8.19. The van der Waals surface area contributed by atoms with Crippen LogP contribution in [0.25, 0.3) is 10.8 Å². The van der Waals surface area contributed by atoms with Crippen LogP contribution in [0, 0.1) is 19.8 Å². The minimum atomic E-state index is -2.63. The van der Waals surface area contributed by atoms with Crippen molar-refractivity contribution in [2.75, 3.05) is 0 Å². The summed E-state index contributed by atoms with van der Waals surface area (Å²) in [5, 5.41) is 54.5. The number of aromatic hydroxyl groups is 2. The maximum absolute atomic E-state index is 14.0. The van der Waals surface area contributed by atoms with Crippen molar-refractivity contribution in [3.8, 4) is 11.5 Å². The van der Waals surface area contributed by atoms with Gasteiger partial charge in [-0.3, -0.25) is 19.4 Å². The van der Waals surface area contributed by atoms with Crippen LogP contribution >= 0.6 is 12.4 Å². The second-order valence-corrected chi connectivity index (χ2v) is 10.4. The molecule has 0 unspecified atom stereocenters. The minimum Gasteiger partial charge on any atom is -0.508 e. The van der Waals surface area contributed by atoms with Crippen molar-refractivity contribution in [3.05, 3.63) is 75.5 Å². The fourth-order valence-corrected chi connectivity index (χ4v) is 5.88. The monoisotopic (exact) mass is 580 g/mol. The summed E-state index contributed by atoms with van der Waals surface area (Å²) in [5.74, 6) is -5.61. The standard InChI is InChI=1S/C30H28N2O8.ClH/c1-12-4-9-17-13(2)18-11-19-24(31)27(37)21(14(3)32-16-7-5-15(6-8-16)10-20(33)34)28(38)30(19,40)29(39)23(18)26(36)22(17)25(12)35;/h4-9,19,24,35-36,38,40H,10-11,31H2,1-3H3,(H,33,34);1H/t19-,24+,30+;/m0./s1. The van der Waals surface area contributed by atoms with E-state index in [1.165, 1.54) is 19.1 Å². The number of carboxylic acid groups (broad SMARTS) is 1. The van der Waals surface area contributed by atoms with Crippen molar-refractivity contribution in [2.45, 2.75) is 45.3 Å². The lowest BCUT2D eigenvalue weighted by atomic mass is 9.61. The second-order valence-electron chi connectivity index (χ2n) is 10.4. The van der Waals surface area contributed by atoms with Gasteiger partial charge in [0.1, 0.15) is 17.3 Å². The van der Waals surface area contributed by atoms with Gasteiger partial charge in [-0.1, -0.05) is 24.3 Å². The lowest BCUT2D eigenvalue weighted by Crippen LogP contribution is -2.63. The van der Waals surface area contributed by atoms with E-state index in [2.05, 4.69) is 4.99 Å². The molecule has 5 rings (SSSR count). The summed E-state index contributed by atoms with van der Waals surface area (Å²) < 4.78 is 0. The number of aliphatic carboxylic acids is 1. The fourth-order valence-electron chi connectivity index (χ4n) is 5.88. The number of nitrogens with two attached hydrogens (primary N) is 1. The number of Topliss-reactive ketones (excluding diaryl/α,β-unsaturated/α-hetero) is 2. The molecule has 3 aromatic carbocycles. The van der Waals surface area contributed by atoms with E-state index in [9.17, 15) is 34.8 Å². The van der Waals surface area contributed by atoms with Crippen molar-refractivity contribution in [1.82, 2.24) is 0 Å². The van der Waals surface area contributed by atoms with E-state index in [0.29, 0.717) is 33.3 Å². The van der Waals surface area contributed by atoms with E-state index in [1.54, 1.807) is 38.1 Å². The first-order valence-corrected chi connectivity index (χ1v) is 12.6. The number of benzene rings is 3. The van der Waals surface area contributed by atoms with Crippen molar-refractivity contribution in [1.29, 1.82) is 0 Å². The maximum atomic E-state index is 14.0. The van der Waals surface area contributed by atoms with E-state index in [4.69, 9.17) is 10.8 Å². The molecule has 214 valence electrons. The van der Waals surface area contributed by atoms with Crippen LogP contribution in [-0.4, -0.2) is 60.4 Å². The number of carboxylic acids is 1. The molecule has 3 atom stereocenters. The number of aliphatic hydroxyl groups excluding tert-OH is 1. The zero-order chi connectivity index (χ0) is 29.3. The predicted octanol–water partition coefficient (Wildman–Crippen LogP) is 3.52. The third kappa shape index (κ3) is 4.35. The number of aliphatic imine (C=N–C) groups is 1. The molecule has 0 spiro atoms. The smallest absolute Gasteiger partial charge is 0.307 e. The number of hydrogen-bond donors (Lipinski definition) is 6. The first-order valence-electron chi connectivity index (χ1n) is 12.6. The molecule has 0 heterocycles. The highest BCUT2D eigenvalue weighted by atomic mass is 35.5. The number of phenols is 2. The summed E-state index contributed by atoms with van der Waals surface area (Å²) in [5.41, 5.74) is 5.31. The Morgan fingerprint density at radius 3 is 2.29 bits per heavy atom. The summed E-state index contributed by atoms with van der Waals surface area (Å²) >= 11 is 0. The SMILES string of the molecule is CC(=Nc1ccc(CC(=O)O)cc1)C1=C(O)[C@@]2(O)C(=O)c3c(c(C)c4ccc(C)c(O)c4c3O)C[C@H]2[C@@H](N)C1=O.Cl. The maximum Gasteiger partial charge on any atom is 0.307 e. The second kappa shape index (κ2) is 10.3.